The Hall–Kier alpha value is -1.65. The minimum Gasteiger partial charge on any atom is -0.481 e. The maximum atomic E-state index is 10.5. The Morgan fingerprint density at radius 3 is 2.79 bits per heavy atom. The zero-order chi connectivity index (χ0) is 14.3. The fraction of sp³-hybridized carbons (Fsp3) is 0.643. The largest absolute Gasteiger partial charge is 0.481 e. The molecular weight excluding hydrogens is 242 g/mol. The number of carbonyl (C=O) groups is 1. The third-order valence-corrected chi connectivity index (χ3v) is 3.05. The number of hydrogen-bond acceptors (Lipinski definition) is 4. The standard InChI is InChI=1S/C14H23N3O2/c1-4-12-9-13(17-11(3)16-12)15-8-7-10(2)5-6-14(18)19/h9-10H,4-8H2,1-3H3,(H,18,19)(H,15,16,17). The number of aryl methyl sites for hydroxylation is 2. The van der Waals surface area contributed by atoms with Gasteiger partial charge in [-0.25, -0.2) is 9.97 Å². The molecule has 106 valence electrons. The minimum absolute atomic E-state index is 0.244. The Morgan fingerprint density at radius 2 is 2.16 bits per heavy atom. The van der Waals surface area contributed by atoms with E-state index in [0.29, 0.717) is 5.92 Å². The summed E-state index contributed by atoms with van der Waals surface area (Å²) in [4.78, 5) is 19.1. The van der Waals surface area contributed by atoms with Crippen LogP contribution in [0.25, 0.3) is 0 Å². The van der Waals surface area contributed by atoms with E-state index in [4.69, 9.17) is 5.11 Å². The molecule has 19 heavy (non-hydrogen) atoms. The first-order valence-corrected chi connectivity index (χ1v) is 6.81. The molecular formula is C14H23N3O2. The van der Waals surface area contributed by atoms with E-state index in [-0.39, 0.29) is 6.42 Å². The molecule has 1 aromatic rings. The highest BCUT2D eigenvalue weighted by atomic mass is 16.4. The predicted octanol–water partition coefficient (Wildman–Crippen LogP) is 2.65. The molecule has 0 aliphatic heterocycles. The van der Waals surface area contributed by atoms with E-state index in [2.05, 4.69) is 29.1 Å². The van der Waals surface area contributed by atoms with Gasteiger partial charge in [0.25, 0.3) is 0 Å². The van der Waals surface area contributed by atoms with Gasteiger partial charge in [-0.2, -0.15) is 0 Å². The molecule has 2 N–H and O–H groups in total. The summed E-state index contributed by atoms with van der Waals surface area (Å²) < 4.78 is 0. The number of nitrogens with zero attached hydrogens (tertiary/aromatic N) is 2. The monoisotopic (exact) mass is 265 g/mol. The minimum atomic E-state index is -0.723. The highest BCUT2D eigenvalue weighted by Gasteiger charge is 2.06. The van der Waals surface area contributed by atoms with Gasteiger partial charge in [-0.05, 0) is 32.1 Å². The van der Waals surface area contributed by atoms with Crippen molar-refractivity contribution in [2.45, 2.75) is 46.5 Å². The average Bonchev–Trinajstić information content (AvgIpc) is 2.35. The molecule has 1 rings (SSSR count). The summed E-state index contributed by atoms with van der Waals surface area (Å²) in [6.07, 6.45) is 2.80. The van der Waals surface area contributed by atoms with Gasteiger partial charge in [-0.15, -0.1) is 0 Å². The number of carboxylic acid groups (broad SMARTS) is 1. The average molecular weight is 265 g/mol. The number of aliphatic carboxylic acids is 1. The molecule has 0 fully saturated rings. The van der Waals surface area contributed by atoms with E-state index in [1.54, 1.807) is 0 Å². The van der Waals surface area contributed by atoms with Crippen LogP contribution in [0.2, 0.25) is 0 Å². The molecule has 0 spiro atoms. The molecule has 0 saturated heterocycles. The van der Waals surface area contributed by atoms with Gasteiger partial charge < -0.3 is 10.4 Å². The highest BCUT2D eigenvalue weighted by Crippen LogP contribution is 2.12. The Kier molecular flexibility index (Phi) is 6.25. The van der Waals surface area contributed by atoms with E-state index in [1.807, 2.05) is 13.0 Å². The normalized spacial score (nSPS) is 12.2. The second kappa shape index (κ2) is 7.71. The molecule has 5 nitrogen and oxygen atoms in total. The Balaban J connectivity index is 2.36. The molecule has 0 aliphatic carbocycles. The van der Waals surface area contributed by atoms with Crippen LogP contribution in [-0.2, 0) is 11.2 Å². The first kappa shape index (κ1) is 15.4. The van der Waals surface area contributed by atoms with Crippen molar-refractivity contribution in [1.29, 1.82) is 0 Å². The Morgan fingerprint density at radius 1 is 1.42 bits per heavy atom. The van der Waals surface area contributed by atoms with Crippen molar-refractivity contribution < 1.29 is 9.90 Å². The van der Waals surface area contributed by atoms with Crippen molar-refractivity contribution in [1.82, 2.24) is 9.97 Å². The number of anilines is 1. The van der Waals surface area contributed by atoms with Crippen molar-refractivity contribution in [2.75, 3.05) is 11.9 Å². The van der Waals surface area contributed by atoms with E-state index >= 15 is 0 Å². The molecule has 1 heterocycles. The summed E-state index contributed by atoms with van der Waals surface area (Å²) in [6.45, 7) is 6.84. The summed E-state index contributed by atoms with van der Waals surface area (Å²) in [6, 6.07) is 1.97. The van der Waals surface area contributed by atoms with Crippen LogP contribution in [0, 0.1) is 12.8 Å². The summed E-state index contributed by atoms with van der Waals surface area (Å²) in [5, 5.41) is 11.9. The number of nitrogens with one attached hydrogen (secondary N) is 1. The quantitative estimate of drug-likeness (QED) is 0.755. The third kappa shape index (κ3) is 6.18. The smallest absolute Gasteiger partial charge is 0.303 e. The van der Waals surface area contributed by atoms with Crippen LogP contribution < -0.4 is 5.32 Å². The third-order valence-electron chi connectivity index (χ3n) is 3.05. The molecule has 0 aromatic carbocycles. The van der Waals surface area contributed by atoms with Gasteiger partial charge in [0, 0.05) is 24.7 Å². The fourth-order valence-corrected chi connectivity index (χ4v) is 1.86. The van der Waals surface area contributed by atoms with E-state index < -0.39 is 5.97 Å². The number of carboxylic acids is 1. The predicted molar refractivity (Wildman–Crippen MR) is 75.3 cm³/mol. The lowest BCUT2D eigenvalue weighted by atomic mass is 10.0. The Labute approximate surface area is 114 Å². The van der Waals surface area contributed by atoms with Gasteiger partial charge in [0.15, 0.2) is 0 Å². The first-order chi connectivity index (χ1) is 9.01. The maximum absolute atomic E-state index is 10.5. The van der Waals surface area contributed by atoms with Crippen molar-refractivity contribution in [3.63, 3.8) is 0 Å². The molecule has 1 unspecified atom stereocenters. The van der Waals surface area contributed by atoms with Crippen LogP contribution in [0.5, 0.6) is 0 Å². The van der Waals surface area contributed by atoms with Gasteiger partial charge in [0.1, 0.15) is 11.6 Å². The lowest BCUT2D eigenvalue weighted by molar-refractivity contribution is -0.137. The van der Waals surface area contributed by atoms with Gasteiger partial charge in [-0.1, -0.05) is 13.8 Å². The number of aromatic nitrogens is 2. The summed E-state index contributed by atoms with van der Waals surface area (Å²) in [5.41, 5.74) is 1.04. The van der Waals surface area contributed by atoms with Crippen LogP contribution >= 0.6 is 0 Å². The zero-order valence-corrected chi connectivity index (χ0v) is 11.9. The van der Waals surface area contributed by atoms with Gasteiger partial charge in [0.05, 0.1) is 0 Å². The van der Waals surface area contributed by atoms with Crippen molar-refractivity contribution >= 4 is 11.8 Å². The van der Waals surface area contributed by atoms with Crippen LogP contribution in [0.1, 0.15) is 44.6 Å². The van der Waals surface area contributed by atoms with Crippen LogP contribution in [-0.4, -0.2) is 27.6 Å². The van der Waals surface area contributed by atoms with E-state index in [9.17, 15) is 4.79 Å². The number of hydrogen-bond donors (Lipinski definition) is 2. The summed E-state index contributed by atoms with van der Waals surface area (Å²) in [7, 11) is 0. The van der Waals surface area contributed by atoms with Crippen molar-refractivity contribution in [2.24, 2.45) is 5.92 Å². The number of rotatable bonds is 8. The van der Waals surface area contributed by atoms with Crippen LogP contribution in [0.15, 0.2) is 6.07 Å². The topological polar surface area (TPSA) is 75.1 Å². The zero-order valence-electron chi connectivity index (χ0n) is 11.9. The molecule has 0 radical (unpaired) electrons. The second-order valence-corrected chi connectivity index (χ2v) is 4.90. The molecule has 0 bridgehead atoms. The summed E-state index contributed by atoms with van der Waals surface area (Å²) >= 11 is 0. The lowest BCUT2D eigenvalue weighted by Crippen LogP contribution is -2.10. The molecule has 5 heteroatoms. The van der Waals surface area contributed by atoms with E-state index in [0.717, 1.165) is 43.1 Å². The summed E-state index contributed by atoms with van der Waals surface area (Å²) in [5.74, 6) is 1.31. The van der Waals surface area contributed by atoms with Gasteiger partial charge in [-0.3, -0.25) is 4.79 Å². The Bertz CT molecular complexity index is 421. The molecule has 0 saturated carbocycles. The van der Waals surface area contributed by atoms with Gasteiger partial charge in [0.2, 0.25) is 0 Å². The first-order valence-electron chi connectivity index (χ1n) is 6.81. The van der Waals surface area contributed by atoms with Crippen molar-refractivity contribution in [3.05, 3.63) is 17.6 Å². The second-order valence-electron chi connectivity index (χ2n) is 4.90. The fourth-order valence-electron chi connectivity index (χ4n) is 1.86. The van der Waals surface area contributed by atoms with E-state index in [1.165, 1.54) is 0 Å². The van der Waals surface area contributed by atoms with Crippen LogP contribution in [0.3, 0.4) is 0 Å². The van der Waals surface area contributed by atoms with Crippen molar-refractivity contribution in [3.8, 4) is 0 Å². The molecule has 1 atom stereocenters. The molecule has 1 aromatic heterocycles. The van der Waals surface area contributed by atoms with Crippen LogP contribution in [0.4, 0.5) is 5.82 Å². The van der Waals surface area contributed by atoms with Gasteiger partial charge >= 0.3 is 5.97 Å². The molecule has 0 amide bonds. The highest BCUT2D eigenvalue weighted by molar-refractivity contribution is 5.66. The molecule has 0 aliphatic rings. The maximum Gasteiger partial charge on any atom is 0.303 e. The lowest BCUT2D eigenvalue weighted by Gasteiger charge is -2.12. The SMILES string of the molecule is CCc1cc(NCCC(C)CCC(=O)O)nc(C)n1.